The van der Waals surface area contributed by atoms with Gasteiger partial charge in [-0.1, -0.05) is 60.7 Å². The van der Waals surface area contributed by atoms with Gasteiger partial charge in [-0.3, -0.25) is 4.90 Å². The van der Waals surface area contributed by atoms with Gasteiger partial charge in [-0.15, -0.1) is 0 Å². The lowest BCUT2D eigenvalue weighted by Gasteiger charge is -2.20. The number of benzene rings is 2. The van der Waals surface area contributed by atoms with Crippen LogP contribution >= 0.6 is 0 Å². The molecule has 2 aliphatic rings. The maximum absolute atomic E-state index is 14.2. The summed E-state index contributed by atoms with van der Waals surface area (Å²) >= 11 is 0. The number of rotatable bonds is 6. The van der Waals surface area contributed by atoms with Gasteiger partial charge in [-0.2, -0.15) is 22.5 Å². The van der Waals surface area contributed by atoms with Crippen molar-refractivity contribution in [3.63, 3.8) is 0 Å². The van der Waals surface area contributed by atoms with E-state index in [2.05, 4.69) is 10.3 Å². The molecule has 37 heavy (non-hydrogen) atoms. The zero-order valence-corrected chi connectivity index (χ0v) is 19.9. The predicted octanol–water partition coefficient (Wildman–Crippen LogP) is 5.30. The number of nitrogens with zero attached hydrogens (tertiary/aromatic N) is 2. The lowest BCUT2D eigenvalue weighted by atomic mass is 9.88. The molecule has 0 N–H and O–H groups in total. The molecule has 0 spiro atoms. The van der Waals surface area contributed by atoms with Crippen LogP contribution in [0.5, 0.6) is 5.75 Å². The van der Waals surface area contributed by atoms with Crippen molar-refractivity contribution in [2.24, 2.45) is 11.8 Å². The molecule has 0 bridgehead atoms. The van der Waals surface area contributed by atoms with Gasteiger partial charge in [0.05, 0.1) is 12.0 Å². The molecule has 2 atom stereocenters. The fourth-order valence-electron chi connectivity index (χ4n) is 4.26. The minimum Gasteiger partial charge on any atom is -0.372 e. The lowest BCUT2D eigenvalue weighted by molar-refractivity contribution is 0.320. The molecular formula is C26H19F5N2O3S. The zero-order valence-electron chi connectivity index (χ0n) is 19.0. The molecule has 2 aromatic carbocycles. The monoisotopic (exact) mass is 534 g/mol. The first-order valence-electron chi connectivity index (χ1n) is 11.0. The van der Waals surface area contributed by atoms with E-state index in [-0.39, 0.29) is 12.1 Å². The van der Waals surface area contributed by atoms with E-state index in [1.54, 1.807) is 6.08 Å². The zero-order chi connectivity index (χ0) is 26.7. The molecule has 1 heterocycles. The second-order valence-corrected chi connectivity index (χ2v) is 9.90. The minimum atomic E-state index is -5.12. The molecule has 0 aromatic heterocycles. The van der Waals surface area contributed by atoms with Gasteiger partial charge in [0.2, 0.25) is 34.8 Å². The molecule has 192 valence electrons. The van der Waals surface area contributed by atoms with E-state index in [4.69, 9.17) is 0 Å². The highest BCUT2D eigenvalue weighted by Crippen LogP contribution is 2.37. The molecule has 2 aromatic rings. The van der Waals surface area contributed by atoms with Gasteiger partial charge < -0.3 is 4.18 Å². The van der Waals surface area contributed by atoms with Crippen molar-refractivity contribution in [2.75, 3.05) is 13.1 Å². The Morgan fingerprint density at radius 1 is 0.865 bits per heavy atom. The van der Waals surface area contributed by atoms with Crippen molar-refractivity contribution in [3.05, 3.63) is 112 Å². The molecule has 1 aliphatic carbocycles. The van der Waals surface area contributed by atoms with Crippen molar-refractivity contribution in [1.82, 2.24) is 4.90 Å². The first-order chi connectivity index (χ1) is 17.6. The average Bonchev–Trinajstić information content (AvgIpc) is 3.27. The van der Waals surface area contributed by atoms with E-state index in [0.717, 1.165) is 11.6 Å². The van der Waals surface area contributed by atoms with Crippen molar-refractivity contribution in [2.45, 2.75) is 6.54 Å². The molecule has 4 rings (SSSR count). The van der Waals surface area contributed by atoms with Crippen LogP contribution in [0.3, 0.4) is 0 Å². The first kappa shape index (κ1) is 26.3. The molecule has 5 nitrogen and oxygen atoms in total. The van der Waals surface area contributed by atoms with Crippen molar-refractivity contribution in [1.29, 1.82) is 5.26 Å². The SMILES string of the molecule is N#CC1CN(Cc2ccccc2)CC1C1=C(S(=O)(=O)Oc2c(F)c(F)c(F)c(F)c2F)/C=C\C=C/C=C1. The number of nitriles is 1. The van der Waals surface area contributed by atoms with Gasteiger partial charge in [0.15, 0.2) is 0 Å². The van der Waals surface area contributed by atoms with Crippen LogP contribution in [0.15, 0.2) is 77.3 Å². The smallest absolute Gasteiger partial charge is 0.339 e. The van der Waals surface area contributed by atoms with Crippen LogP contribution in [0.25, 0.3) is 0 Å². The Morgan fingerprint density at radius 3 is 2.08 bits per heavy atom. The summed E-state index contributed by atoms with van der Waals surface area (Å²) in [5.41, 5.74) is 1.08. The summed E-state index contributed by atoms with van der Waals surface area (Å²) < 4.78 is 100. The molecule has 2 unspecified atom stereocenters. The van der Waals surface area contributed by atoms with Crippen LogP contribution in [-0.2, 0) is 16.7 Å². The van der Waals surface area contributed by atoms with E-state index in [1.165, 1.54) is 24.3 Å². The van der Waals surface area contributed by atoms with E-state index in [9.17, 15) is 35.6 Å². The van der Waals surface area contributed by atoms with E-state index < -0.39 is 61.7 Å². The van der Waals surface area contributed by atoms with Gasteiger partial charge in [0.1, 0.15) is 4.91 Å². The third kappa shape index (κ3) is 5.35. The largest absolute Gasteiger partial charge is 0.372 e. The summed E-state index contributed by atoms with van der Waals surface area (Å²) in [6.07, 6.45) is 8.42. The lowest BCUT2D eigenvalue weighted by Crippen LogP contribution is -2.22. The highest BCUT2D eigenvalue weighted by Gasteiger charge is 2.39. The molecule has 1 aliphatic heterocycles. The molecule has 1 fully saturated rings. The summed E-state index contributed by atoms with van der Waals surface area (Å²) in [4.78, 5) is 1.39. The minimum absolute atomic E-state index is 0.103. The second-order valence-electron chi connectivity index (χ2n) is 8.38. The fraction of sp³-hybridized carbons (Fsp3) is 0.192. The van der Waals surface area contributed by atoms with Crippen LogP contribution in [0.4, 0.5) is 22.0 Å². The number of halogens is 5. The standard InChI is InChI=1S/C26H19F5N2O3S/c27-21-22(28)24(30)26(25(31)23(21)29)36-37(34,35)20-11-7-2-1-6-10-18(20)19-15-33(14-17(19)12-32)13-16-8-4-3-5-9-16/h1-11,17,19H,13-15H2/b2-1-,6-1?,7-2?,10-6?,11-7-,18-10?,20-11?,20-18?. The van der Waals surface area contributed by atoms with Gasteiger partial charge in [0, 0.05) is 25.6 Å². The Hall–Kier alpha value is -3.75. The molecule has 11 heteroatoms. The average molecular weight is 535 g/mol. The maximum atomic E-state index is 14.2. The van der Waals surface area contributed by atoms with E-state index in [1.807, 2.05) is 35.2 Å². The Balaban J connectivity index is 1.76. The fourth-order valence-corrected chi connectivity index (χ4v) is 5.47. The van der Waals surface area contributed by atoms with E-state index >= 15 is 0 Å². The summed E-state index contributed by atoms with van der Waals surface area (Å²) in [5.74, 6) is -15.2. The predicted molar refractivity (Wildman–Crippen MR) is 125 cm³/mol. The molecule has 0 radical (unpaired) electrons. The highest BCUT2D eigenvalue weighted by molar-refractivity contribution is 7.91. The third-order valence-corrected chi connectivity index (χ3v) is 7.28. The summed E-state index contributed by atoms with van der Waals surface area (Å²) in [7, 11) is -5.12. The van der Waals surface area contributed by atoms with Crippen LogP contribution in [-0.4, -0.2) is 26.4 Å². The highest BCUT2D eigenvalue weighted by atomic mass is 32.2. The van der Waals surface area contributed by atoms with Crippen LogP contribution in [0.2, 0.25) is 0 Å². The first-order valence-corrected chi connectivity index (χ1v) is 12.4. The number of hydrogen-bond donors (Lipinski definition) is 0. The molecule has 0 amide bonds. The van der Waals surface area contributed by atoms with Crippen molar-refractivity contribution >= 4 is 10.1 Å². The molecule has 0 saturated carbocycles. The number of hydrogen-bond acceptors (Lipinski definition) is 5. The summed E-state index contributed by atoms with van der Waals surface area (Å²) in [6, 6.07) is 11.6. The number of allylic oxidation sites excluding steroid dienone is 6. The second kappa shape index (κ2) is 10.7. The van der Waals surface area contributed by atoms with Gasteiger partial charge in [-0.25, -0.2) is 13.2 Å². The van der Waals surface area contributed by atoms with Crippen LogP contribution in [0, 0.1) is 52.3 Å². The van der Waals surface area contributed by atoms with Crippen LogP contribution in [0.1, 0.15) is 5.56 Å². The van der Waals surface area contributed by atoms with Gasteiger partial charge in [-0.05, 0) is 17.2 Å². The number of likely N-dealkylation sites (tertiary alicyclic amines) is 1. The molecular weight excluding hydrogens is 515 g/mol. The van der Waals surface area contributed by atoms with Crippen molar-refractivity contribution < 1.29 is 34.6 Å². The Labute approximate surface area is 210 Å². The maximum Gasteiger partial charge on any atom is 0.339 e. The quantitative estimate of drug-likeness (QED) is 0.218. The Bertz CT molecular complexity index is 1450. The topological polar surface area (TPSA) is 70.4 Å². The van der Waals surface area contributed by atoms with Gasteiger partial charge in [0.25, 0.3) is 0 Å². The third-order valence-electron chi connectivity index (χ3n) is 5.98. The van der Waals surface area contributed by atoms with Crippen LogP contribution < -0.4 is 4.18 Å². The Morgan fingerprint density at radius 2 is 1.46 bits per heavy atom. The Kier molecular flexibility index (Phi) is 7.61. The van der Waals surface area contributed by atoms with Crippen molar-refractivity contribution in [3.8, 4) is 11.8 Å². The molecule has 1 saturated heterocycles. The van der Waals surface area contributed by atoms with Gasteiger partial charge >= 0.3 is 10.1 Å². The normalized spacial score (nSPS) is 21.8. The van der Waals surface area contributed by atoms with E-state index in [0.29, 0.717) is 13.1 Å². The summed E-state index contributed by atoms with van der Waals surface area (Å²) in [5, 5.41) is 9.81. The summed E-state index contributed by atoms with van der Waals surface area (Å²) in [6.45, 7) is 1.08.